The highest BCUT2D eigenvalue weighted by Gasteiger charge is 2.40. The molecule has 0 fully saturated rings. The molecule has 0 saturated carbocycles. The minimum absolute atomic E-state index is 0.0704. The van der Waals surface area contributed by atoms with Gasteiger partial charge in [-0.3, -0.25) is 9.59 Å². The lowest BCUT2D eigenvalue weighted by Gasteiger charge is -2.09. The highest BCUT2D eigenvalue weighted by Crippen LogP contribution is 2.30. The fraction of sp³-hybridized carbons (Fsp3) is 0.167. The molecule has 0 aliphatic heterocycles. The number of hydrogen-bond acceptors (Lipinski definition) is 3. The van der Waals surface area contributed by atoms with Crippen LogP contribution in [0.4, 0.5) is 13.2 Å². The fourth-order valence-corrected chi connectivity index (χ4v) is 4.65. The van der Waals surface area contributed by atoms with Crippen molar-refractivity contribution in [3.05, 3.63) is 87.7 Å². The van der Waals surface area contributed by atoms with Gasteiger partial charge >= 0.3 is 6.18 Å². The lowest BCUT2D eigenvalue weighted by Crippen LogP contribution is -2.25. The Morgan fingerprint density at radius 3 is 2.31 bits per heavy atom. The van der Waals surface area contributed by atoms with Crippen LogP contribution in [-0.2, 0) is 6.42 Å². The Kier molecular flexibility index (Phi) is 5.88. The first-order valence-corrected chi connectivity index (χ1v) is 10.7. The van der Waals surface area contributed by atoms with Crippen LogP contribution in [0.1, 0.15) is 30.6 Å². The van der Waals surface area contributed by atoms with Gasteiger partial charge in [-0.05, 0) is 49.2 Å². The number of para-hydroxylation sites is 2. The van der Waals surface area contributed by atoms with Gasteiger partial charge in [0.25, 0.3) is 11.7 Å². The zero-order chi connectivity index (χ0) is 22.9. The molecule has 1 N–H and O–H groups in total. The van der Waals surface area contributed by atoms with Gasteiger partial charge in [-0.1, -0.05) is 36.4 Å². The van der Waals surface area contributed by atoms with Crippen molar-refractivity contribution in [1.82, 2.24) is 9.88 Å². The van der Waals surface area contributed by atoms with Gasteiger partial charge in [-0.15, -0.1) is 11.3 Å². The zero-order valence-corrected chi connectivity index (χ0v) is 17.9. The smallest absolute Gasteiger partial charge is 0.351 e. The standard InChI is InChI=1S/C24H19F3N2O2S/c1-15-17(18-9-5-6-10-19(18)29(15)16-7-3-2-4-8-16)13-14-28-23(31)21-12-11-20(32-21)22(30)24(25,26)27/h2-12H,13-14H2,1H3,(H,28,31). The van der Waals surface area contributed by atoms with Crippen molar-refractivity contribution in [1.29, 1.82) is 0 Å². The zero-order valence-electron chi connectivity index (χ0n) is 17.1. The van der Waals surface area contributed by atoms with E-state index >= 15 is 0 Å². The third-order valence-electron chi connectivity index (χ3n) is 5.23. The Morgan fingerprint density at radius 2 is 1.59 bits per heavy atom. The third kappa shape index (κ3) is 4.18. The number of nitrogens with zero attached hydrogens (tertiary/aromatic N) is 1. The number of Topliss-reactive ketones (excluding diaryl/α,β-unsaturated/α-hetero) is 1. The third-order valence-corrected chi connectivity index (χ3v) is 6.31. The first-order chi connectivity index (χ1) is 15.3. The molecule has 4 nitrogen and oxygen atoms in total. The molecule has 0 unspecified atom stereocenters. The average molecular weight is 456 g/mol. The van der Waals surface area contributed by atoms with E-state index in [-0.39, 0.29) is 4.88 Å². The van der Waals surface area contributed by atoms with Gasteiger partial charge in [0.2, 0.25) is 0 Å². The van der Waals surface area contributed by atoms with Crippen LogP contribution in [0.2, 0.25) is 0 Å². The molecule has 0 aliphatic carbocycles. The monoisotopic (exact) mass is 456 g/mol. The molecular formula is C24H19F3N2O2S. The molecular weight excluding hydrogens is 437 g/mol. The van der Waals surface area contributed by atoms with Gasteiger partial charge in [0.15, 0.2) is 0 Å². The lowest BCUT2D eigenvalue weighted by molar-refractivity contribution is -0.0882. The summed E-state index contributed by atoms with van der Waals surface area (Å²) in [6, 6.07) is 20.3. The van der Waals surface area contributed by atoms with Crippen molar-refractivity contribution in [3.63, 3.8) is 0 Å². The van der Waals surface area contributed by atoms with Crippen molar-refractivity contribution in [3.8, 4) is 5.69 Å². The number of ketones is 1. The molecule has 0 radical (unpaired) electrons. The van der Waals surface area contributed by atoms with E-state index in [1.165, 1.54) is 6.07 Å². The second-order valence-electron chi connectivity index (χ2n) is 7.25. The van der Waals surface area contributed by atoms with Gasteiger partial charge in [0, 0.05) is 23.3 Å². The number of amides is 1. The topological polar surface area (TPSA) is 51.1 Å². The van der Waals surface area contributed by atoms with E-state index in [4.69, 9.17) is 0 Å². The minimum Gasteiger partial charge on any atom is -0.351 e. The molecule has 2 aromatic carbocycles. The highest BCUT2D eigenvalue weighted by molar-refractivity contribution is 7.16. The molecule has 0 saturated heterocycles. The summed E-state index contributed by atoms with van der Waals surface area (Å²) in [5.41, 5.74) is 4.24. The predicted octanol–water partition coefficient (Wildman–Crippen LogP) is 5.72. The number of carbonyl (C=O) groups excluding carboxylic acids is 2. The van der Waals surface area contributed by atoms with Crippen molar-refractivity contribution >= 4 is 33.9 Å². The largest absolute Gasteiger partial charge is 0.455 e. The van der Waals surface area contributed by atoms with Crippen LogP contribution in [0.15, 0.2) is 66.7 Å². The molecule has 0 spiro atoms. The second kappa shape index (κ2) is 8.63. The molecule has 0 aliphatic rings. The number of alkyl halides is 3. The predicted molar refractivity (Wildman–Crippen MR) is 119 cm³/mol. The number of benzene rings is 2. The summed E-state index contributed by atoms with van der Waals surface area (Å²) in [6.45, 7) is 2.33. The summed E-state index contributed by atoms with van der Waals surface area (Å²) >= 11 is 0.544. The molecule has 164 valence electrons. The van der Waals surface area contributed by atoms with Crippen LogP contribution in [-0.4, -0.2) is 29.0 Å². The van der Waals surface area contributed by atoms with Crippen LogP contribution < -0.4 is 5.32 Å². The molecule has 4 aromatic rings. The molecule has 32 heavy (non-hydrogen) atoms. The summed E-state index contributed by atoms with van der Waals surface area (Å²) in [6.07, 6.45) is -4.40. The van der Waals surface area contributed by atoms with Crippen LogP contribution in [0.25, 0.3) is 16.6 Å². The average Bonchev–Trinajstić information content (AvgIpc) is 3.37. The maximum Gasteiger partial charge on any atom is 0.455 e. The van der Waals surface area contributed by atoms with E-state index in [0.29, 0.717) is 24.3 Å². The summed E-state index contributed by atoms with van der Waals surface area (Å²) in [5, 5.41) is 3.83. The fourth-order valence-electron chi connectivity index (χ4n) is 3.77. The van der Waals surface area contributed by atoms with E-state index in [1.807, 2.05) is 61.5 Å². The number of halogens is 3. The van der Waals surface area contributed by atoms with E-state index in [0.717, 1.165) is 33.9 Å². The number of thiophene rings is 1. The number of carbonyl (C=O) groups is 2. The Labute approximate surface area is 186 Å². The highest BCUT2D eigenvalue weighted by atomic mass is 32.1. The first-order valence-electron chi connectivity index (χ1n) is 9.91. The summed E-state index contributed by atoms with van der Waals surface area (Å²) < 4.78 is 39.9. The Bertz CT molecular complexity index is 1290. The SMILES string of the molecule is Cc1c(CCNC(=O)c2ccc(C(=O)C(F)(F)F)s2)c2ccccc2n1-c1ccccc1. The van der Waals surface area contributed by atoms with Gasteiger partial charge in [0.05, 0.1) is 15.3 Å². The summed E-state index contributed by atoms with van der Waals surface area (Å²) in [5.74, 6) is -2.44. The number of aromatic nitrogens is 1. The van der Waals surface area contributed by atoms with Gasteiger partial charge in [-0.2, -0.15) is 13.2 Å². The summed E-state index contributed by atoms with van der Waals surface area (Å²) in [4.78, 5) is 23.3. The second-order valence-corrected chi connectivity index (χ2v) is 8.33. The van der Waals surface area contributed by atoms with Crippen molar-refractivity contribution in [2.75, 3.05) is 6.54 Å². The van der Waals surface area contributed by atoms with E-state index in [9.17, 15) is 22.8 Å². The van der Waals surface area contributed by atoms with Gasteiger partial charge < -0.3 is 9.88 Å². The van der Waals surface area contributed by atoms with Gasteiger partial charge in [-0.25, -0.2) is 0 Å². The minimum atomic E-state index is -4.96. The number of fused-ring (bicyclic) bond motifs is 1. The molecule has 2 heterocycles. The Morgan fingerprint density at radius 1 is 0.938 bits per heavy atom. The molecule has 4 rings (SSSR count). The van der Waals surface area contributed by atoms with Gasteiger partial charge in [0.1, 0.15) is 0 Å². The quantitative estimate of drug-likeness (QED) is 0.378. The van der Waals surface area contributed by atoms with Crippen molar-refractivity contribution in [2.24, 2.45) is 0 Å². The number of nitrogens with one attached hydrogen (secondary N) is 1. The molecule has 2 aromatic heterocycles. The number of hydrogen-bond donors (Lipinski definition) is 1. The van der Waals surface area contributed by atoms with Crippen molar-refractivity contribution in [2.45, 2.75) is 19.5 Å². The van der Waals surface area contributed by atoms with Crippen LogP contribution in [0.3, 0.4) is 0 Å². The van der Waals surface area contributed by atoms with E-state index < -0.39 is 22.7 Å². The van der Waals surface area contributed by atoms with E-state index in [1.54, 1.807) is 0 Å². The van der Waals surface area contributed by atoms with Crippen LogP contribution in [0.5, 0.6) is 0 Å². The first kappa shape index (κ1) is 21.8. The Hall–Kier alpha value is -3.39. The number of rotatable bonds is 6. The lowest BCUT2D eigenvalue weighted by atomic mass is 10.1. The maximum atomic E-state index is 12.6. The molecule has 0 atom stereocenters. The molecule has 0 bridgehead atoms. The Balaban J connectivity index is 1.51. The maximum absolute atomic E-state index is 12.6. The molecule has 8 heteroatoms. The molecule has 1 amide bonds. The summed E-state index contributed by atoms with van der Waals surface area (Å²) in [7, 11) is 0. The van der Waals surface area contributed by atoms with Crippen LogP contribution >= 0.6 is 11.3 Å². The normalized spacial score (nSPS) is 11.6. The van der Waals surface area contributed by atoms with Crippen molar-refractivity contribution < 1.29 is 22.8 Å². The van der Waals surface area contributed by atoms with Crippen LogP contribution in [0, 0.1) is 6.92 Å². The van der Waals surface area contributed by atoms with E-state index in [2.05, 4.69) is 9.88 Å².